The van der Waals surface area contributed by atoms with Gasteiger partial charge in [0.05, 0.1) is 10.4 Å². The number of nitrogens with zero attached hydrogens (tertiary/aromatic N) is 2. The number of aromatic nitrogens is 2. The molecule has 0 radical (unpaired) electrons. The van der Waals surface area contributed by atoms with Gasteiger partial charge in [-0.15, -0.1) is 0 Å². The van der Waals surface area contributed by atoms with Crippen LogP contribution in [0.1, 0.15) is 30.8 Å². The second-order valence-electron chi connectivity index (χ2n) is 4.34. The lowest BCUT2D eigenvalue weighted by molar-refractivity contribution is -0.384. The number of hydrogen-bond donors (Lipinski definition) is 2. The Labute approximate surface area is 109 Å². The van der Waals surface area contributed by atoms with Crippen molar-refractivity contribution in [2.75, 3.05) is 0 Å². The molecule has 0 saturated heterocycles. The van der Waals surface area contributed by atoms with E-state index >= 15 is 0 Å². The second-order valence-corrected chi connectivity index (χ2v) is 4.34. The number of rotatable bonds is 4. The van der Waals surface area contributed by atoms with Gasteiger partial charge in [-0.1, -0.05) is 6.92 Å². The van der Waals surface area contributed by atoms with E-state index in [9.17, 15) is 14.9 Å². The summed E-state index contributed by atoms with van der Waals surface area (Å²) in [5.41, 5.74) is 0.713. The third-order valence-corrected chi connectivity index (χ3v) is 2.96. The van der Waals surface area contributed by atoms with E-state index < -0.39 is 4.92 Å². The molecule has 100 valence electrons. The largest absolute Gasteiger partial charge is 0.348 e. The van der Waals surface area contributed by atoms with E-state index in [4.69, 9.17) is 0 Å². The van der Waals surface area contributed by atoms with Gasteiger partial charge < -0.3 is 5.32 Å². The first kappa shape index (κ1) is 13.0. The number of hydrogen-bond acceptors (Lipinski definition) is 4. The maximum absolute atomic E-state index is 12.0. The van der Waals surface area contributed by atoms with Crippen LogP contribution in [0.15, 0.2) is 18.2 Å². The summed E-state index contributed by atoms with van der Waals surface area (Å²) >= 11 is 0. The van der Waals surface area contributed by atoms with Crippen LogP contribution in [0, 0.1) is 10.1 Å². The number of benzene rings is 1. The molecule has 0 unspecified atom stereocenters. The van der Waals surface area contributed by atoms with Crippen LogP contribution in [0.4, 0.5) is 5.69 Å². The van der Waals surface area contributed by atoms with Crippen molar-refractivity contribution in [3.05, 3.63) is 34.0 Å². The standard InChI is InChI=1S/C12H14N4O3/c1-3-7(2)13-12(17)11-9-6-8(16(18)19)4-5-10(9)14-15-11/h4-7H,3H2,1-2H3,(H,13,17)(H,14,15)/t7-/m1/s1. The molecule has 7 nitrogen and oxygen atoms in total. The number of carbonyl (C=O) groups is 1. The lowest BCUT2D eigenvalue weighted by Gasteiger charge is -2.09. The molecule has 1 amide bonds. The van der Waals surface area contributed by atoms with Crippen LogP contribution >= 0.6 is 0 Å². The second kappa shape index (κ2) is 5.05. The minimum Gasteiger partial charge on any atom is -0.348 e. The van der Waals surface area contributed by atoms with Crippen LogP contribution in [-0.2, 0) is 0 Å². The molecule has 0 aliphatic heterocycles. The van der Waals surface area contributed by atoms with E-state index in [1.165, 1.54) is 12.1 Å². The lowest BCUT2D eigenvalue weighted by Crippen LogP contribution is -2.32. The Morgan fingerprint density at radius 3 is 2.95 bits per heavy atom. The Morgan fingerprint density at radius 2 is 2.32 bits per heavy atom. The SMILES string of the molecule is CC[C@@H](C)NC(=O)c1n[nH]c2ccc([N+](=O)[O-])cc12. The van der Waals surface area contributed by atoms with Crippen molar-refractivity contribution in [3.63, 3.8) is 0 Å². The monoisotopic (exact) mass is 262 g/mol. The van der Waals surface area contributed by atoms with Gasteiger partial charge in [-0.2, -0.15) is 5.10 Å². The molecule has 0 bridgehead atoms. The smallest absolute Gasteiger partial charge is 0.272 e. The fourth-order valence-corrected chi connectivity index (χ4v) is 1.68. The van der Waals surface area contributed by atoms with E-state index in [0.29, 0.717) is 10.9 Å². The zero-order chi connectivity index (χ0) is 14.0. The summed E-state index contributed by atoms with van der Waals surface area (Å²) in [7, 11) is 0. The zero-order valence-corrected chi connectivity index (χ0v) is 10.6. The number of carbonyl (C=O) groups excluding carboxylic acids is 1. The molecule has 0 fully saturated rings. The number of nitro groups is 1. The first-order valence-electron chi connectivity index (χ1n) is 5.96. The predicted molar refractivity (Wildman–Crippen MR) is 70.0 cm³/mol. The molecule has 0 aliphatic rings. The molecular weight excluding hydrogens is 248 g/mol. The average Bonchev–Trinajstić information content (AvgIpc) is 2.81. The number of amides is 1. The highest BCUT2D eigenvalue weighted by atomic mass is 16.6. The molecule has 1 atom stereocenters. The molecule has 0 spiro atoms. The van der Waals surface area contributed by atoms with Crippen LogP contribution in [0.3, 0.4) is 0 Å². The topological polar surface area (TPSA) is 101 Å². The number of H-pyrrole nitrogens is 1. The van der Waals surface area contributed by atoms with Gasteiger partial charge in [0, 0.05) is 23.6 Å². The van der Waals surface area contributed by atoms with Gasteiger partial charge in [0.25, 0.3) is 11.6 Å². The van der Waals surface area contributed by atoms with E-state index in [1.54, 1.807) is 6.07 Å². The molecule has 19 heavy (non-hydrogen) atoms. The predicted octanol–water partition coefficient (Wildman–Crippen LogP) is 2.00. The van der Waals surface area contributed by atoms with Crippen molar-refractivity contribution >= 4 is 22.5 Å². The van der Waals surface area contributed by atoms with Crippen LogP contribution < -0.4 is 5.32 Å². The maximum atomic E-state index is 12.0. The van der Waals surface area contributed by atoms with Gasteiger partial charge in [0.15, 0.2) is 5.69 Å². The minimum atomic E-state index is -0.497. The molecule has 1 heterocycles. The minimum absolute atomic E-state index is 0.0259. The first-order chi connectivity index (χ1) is 9.02. The highest BCUT2D eigenvalue weighted by Crippen LogP contribution is 2.22. The summed E-state index contributed by atoms with van der Waals surface area (Å²) in [5, 5.41) is 20.6. The Bertz CT molecular complexity index is 635. The summed E-state index contributed by atoms with van der Waals surface area (Å²) < 4.78 is 0. The molecule has 2 aromatic rings. The quantitative estimate of drug-likeness (QED) is 0.650. The Balaban J connectivity index is 2.40. The van der Waals surface area contributed by atoms with Crippen molar-refractivity contribution in [3.8, 4) is 0 Å². The molecule has 7 heteroatoms. The van der Waals surface area contributed by atoms with E-state index in [2.05, 4.69) is 15.5 Å². The molecule has 1 aromatic carbocycles. The van der Waals surface area contributed by atoms with Crippen LogP contribution in [0.2, 0.25) is 0 Å². The fraction of sp³-hybridized carbons (Fsp3) is 0.333. The molecular formula is C12H14N4O3. The number of non-ortho nitro benzene ring substituents is 1. The van der Waals surface area contributed by atoms with Gasteiger partial charge in [0.2, 0.25) is 0 Å². The molecule has 2 rings (SSSR count). The van der Waals surface area contributed by atoms with Crippen molar-refractivity contribution in [2.24, 2.45) is 0 Å². The number of nitrogens with one attached hydrogen (secondary N) is 2. The summed E-state index contributed by atoms with van der Waals surface area (Å²) in [4.78, 5) is 22.3. The van der Waals surface area contributed by atoms with Gasteiger partial charge in [0.1, 0.15) is 0 Å². The maximum Gasteiger partial charge on any atom is 0.272 e. The van der Waals surface area contributed by atoms with Crippen LogP contribution in [0.25, 0.3) is 10.9 Å². The third kappa shape index (κ3) is 2.54. The Kier molecular flexibility index (Phi) is 3.46. The van der Waals surface area contributed by atoms with Gasteiger partial charge in [-0.05, 0) is 19.4 Å². The van der Waals surface area contributed by atoms with Crippen molar-refractivity contribution in [2.45, 2.75) is 26.3 Å². The van der Waals surface area contributed by atoms with Gasteiger partial charge >= 0.3 is 0 Å². The van der Waals surface area contributed by atoms with Crippen LogP contribution in [-0.4, -0.2) is 27.1 Å². The normalized spacial score (nSPS) is 12.3. The third-order valence-electron chi connectivity index (χ3n) is 2.96. The van der Waals surface area contributed by atoms with E-state index in [-0.39, 0.29) is 23.3 Å². The average molecular weight is 262 g/mol. The molecule has 0 saturated carbocycles. The zero-order valence-electron chi connectivity index (χ0n) is 10.6. The van der Waals surface area contributed by atoms with Gasteiger partial charge in [-0.25, -0.2) is 0 Å². The van der Waals surface area contributed by atoms with E-state index in [0.717, 1.165) is 6.42 Å². The molecule has 1 aromatic heterocycles. The highest BCUT2D eigenvalue weighted by Gasteiger charge is 2.18. The Hall–Kier alpha value is -2.44. The summed E-state index contributed by atoms with van der Waals surface area (Å²) in [5.74, 6) is -0.332. The lowest BCUT2D eigenvalue weighted by atomic mass is 10.1. The van der Waals surface area contributed by atoms with Gasteiger partial charge in [-0.3, -0.25) is 20.0 Å². The van der Waals surface area contributed by atoms with Crippen LogP contribution in [0.5, 0.6) is 0 Å². The number of aromatic amines is 1. The fourth-order valence-electron chi connectivity index (χ4n) is 1.68. The Morgan fingerprint density at radius 1 is 1.58 bits per heavy atom. The van der Waals surface area contributed by atoms with Crippen molar-refractivity contribution in [1.82, 2.24) is 15.5 Å². The first-order valence-corrected chi connectivity index (χ1v) is 5.96. The molecule has 0 aliphatic carbocycles. The van der Waals surface area contributed by atoms with Crippen molar-refractivity contribution in [1.29, 1.82) is 0 Å². The highest BCUT2D eigenvalue weighted by molar-refractivity contribution is 6.05. The van der Waals surface area contributed by atoms with Crippen molar-refractivity contribution < 1.29 is 9.72 Å². The summed E-state index contributed by atoms with van der Waals surface area (Å²) in [6.45, 7) is 3.84. The summed E-state index contributed by atoms with van der Waals surface area (Å²) in [6.07, 6.45) is 0.800. The molecule has 2 N–H and O–H groups in total. The van der Waals surface area contributed by atoms with E-state index in [1.807, 2.05) is 13.8 Å². The summed E-state index contributed by atoms with van der Waals surface area (Å²) in [6, 6.07) is 4.29. The number of fused-ring (bicyclic) bond motifs is 1. The number of nitro benzene ring substituents is 1.